The number of hydrogen-bond donors (Lipinski definition) is 1. The lowest BCUT2D eigenvalue weighted by molar-refractivity contribution is -0.149. The van der Waals surface area contributed by atoms with E-state index in [9.17, 15) is 9.59 Å². The molecule has 2 aliphatic rings. The fourth-order valence-corrected chi connectivity index (χ4v) is 3.93. The summed E-state index contributed by atoms with van der Waals surface area (Å²) in [5.74, 6) is -0.0221. The highest BCUT2D eigenvalue weighted by Crippen LogP contribution is 2.29. The Morgan fingerprint density at radius 3 is 2.72 bits per heavy atom. The fraction of sp³-hybridized carbons (Fsp3) is 0.600. The summed E-state index contributed by atoms with van der Waals surface area (Å²) in [5, 5.41) is 3.20. The molecule has 1 unspecified atom stereocenters. The Hall–Kier alpha value is -1.88. The number of nitrogens with zero attached hydrogens (tertiary/aromatic N) is 1. The van der Waals surface area contributed by atoms with Gasteiger partial charge in [0, 0.05) is 0 Å². The van der Waals surface area contributed by atoms with E-state index < -0.39 is 0 Å². The van der Waals surface area contributed by atoms with Crippen LogP contribution in [-0.4, -0.2) is 43.0 Å². The van der Waals surface area contributed by atoms with E-state index in [1.165, 1.54) is 11.1 Å². The van der Waals surface area contributed by atoms with Crippen LogP contribution >= 0.6 is 0 Å². The predicted molar refractivity (Wildman–Crippen MR) is 96.1 cm³/mol. The van der Waals surface area contributed by atoms with Crippen LogP contribution in [0.2, 0.25) is 0 Å². The first-order valence-corrected chi connectivity index (χ1v) is 9.43. The van der Waals surface area contributed by atoms with Gasteiger partial charge in [0.25, 0.3) is 0 Å². The van der Waals surface area contributed by atoms with E-state index in [0.717, 1.165) is 45.2 Å². The van der Waals surface area contributed by atoms with Gasteiger partial charge in [0.15, 0.2) is 0 Å². The Bertz CT molecular complexity index is 609. The number of benzene rings is 1. The Balaban J connectivity index is 1.47. The summed E-state index contributed by atoms with van der Waals surface area (Å²) < 4.78 is 5.09. The van der Waals surface area contributed by atoms with E-state index in [4.69, 9.17) is 4.74 Å². The van der Waals surface area contributed by atoms with E-state index in [1.807, 2.05) is 13.0 Å². The van der Waals surface area contributed by atoms with Gasteiger partial charge in [-0.2, -0.15) is 0 Å². The summed E-state index contributed by atoms with van der Waals surface area (Å²) in [6, 6.07) is 8.53. The lowest BCUT2D eigenvalue weighted by Crippen LogP contribution is -2.44. The third kappa shape index (κ3) is 4.60. The number of amides is 1. The molecule has 1 aromatic rings. The number of piperidine rings is 1. The predicted octanol–water partition coefficient (Wildman–Crippen LogP) is 2.46. The summed E-state index contributed by atoms with van der Waals surface area (Å²) in [7, 11) is 0. The highest BCUT2D eigenvalue weighted by atomic mass is 16.5. The second-order valence-corrected chi connectivity index (χ2v) is 7.01. The largest absolute Gasteiger partial charge is 0.466 e. The maximum atomic E-state index is 12.5. The first-order valence-electron chi connectivity index (χ1n) is 9.43. The van der Waals surface area contributed by atoms with Gasteiger partial charge in [0.1, 0.15) is 0 Å². The molecule has 1 aliphatic heterocycles. The second-order valence-electron chi connectivity index (χ2n) is 7.01. The lowest BCUT2D eigenvalue weighted by atomic mass is 9.88. The first kappa shape index (κ1) is 17.9. The zero-order chi connectivity index (χ0) is 17.6. The number of carbonyl (C=O) groups is 2. The summed E-state index contributed by atoms with van der Waals surface area (Å²) in [6.45, 7) is 4.23. The van der Waals surface area contributed by atoms with Gasteiger partial charge in [-0.3, -0.25) is 14.5 Å². The fourth-order valence-electron chi connectivity index (χ4n) is 3.93. The molecular formula is C20H28N2O3. The van der Waals surface area contributed by atoms with Crippen LogP contribution in [0.1, 0.15) is 49.8 Å². The quantitative estimate of drug-likeness (QED) is 0.834. The van der Waals surface area contributed by atoms with Gasteiger partial charge in [0.2, 0.25) is 5.91 Å². The molecule has 1 aromatic carbocycles. The van der Waals surface area contributed by atoms with E-state index in [0.29, 0.717) is 13.2 Å². The number of hydrogen-bond acceptors (Lipinski definition) is 4. The minimum atomic E-state index is -0.0922. The third-order valence-electron chi connectivity index (χ3n) is 5.28. The average molecular weight is 344 g/mol. The van der Waals surface area contributed by atoms with Crippen molar-refractivity contribution in [3.05, 3.63) is 35.4 Å². The van der Waals surface area contributed by atoms with E-state index in [2.05, 4.69) is 28.4 Å². The molecule has 1 amide bonds. The van der Waals surface area contributed by atoms with E-state index >= 15 is 0 Å². The van der Waals surface area contributed by atoms with Crippen LogP contribution in [0.25, 0.3) is 0 Å². The average Bonchev–Trinajstić information content (AvgIpc) is 2.63. The number of aryl methyl sites for hydroxylation is 1. The van der Waals surface area contributed by atoms with Gasteiger partial charge >= 0.3 is 5.97 Å². The van der Waals surface area contributed by atoms with Crippen LogP contribution in [0.15, 0.2) is 24.3 Å². The number of rotatable bonds is 5. The van der Waals surface area contributed by atoms with Gasteiger partial charge in [-0.15, -0.1) is 0 Å². The highest BCUT2D eigenvalue weighted by molar-refractivity contribution is 5.78. The van der Waals surface area contributed by atoms with Gasteiger partial charge in [-0.1, -0.05) is 24.3 Å². The van der Waals surface area contributed by atoms with Crippen molar-refractivity contribution in [2.75, 3.05) is 26.2 Å². The van der Waals surface area contributed by atoms with Gasteiger partial charge in [-0.05, 0) is 63.2 Å². The Morgan fingerprint density at radius 1 is 1.20 bits per heavy atom. The third-order valence-corrected chi connectivity index (χ3v) is 5.28. The topological polar surface area (TPSA) is 58.6 Å². The van der Waals surface area contributed by atoms with Gasteiger partial charge in [-0.25, -0.2) is 0 Å². The molecule has 136 valence electrons. The molecule has 1 aliphatic carbocycles. The molecule has 1 heterocycles. The zero-order valence-electron chi connectivity index (χ0n) is 15.0. The van der Waals surface area contributed by atoms with E-state index in [-0.39, 0.29) is 23.8 Å². The monoisotopic (exact) mass is 344 g/mol. The Kier molecular flexibility index (Phi) is 6.08. The number of nitrogens with one attached hydrogen (secondary N) is 1. The highest BCUT2D eigenvalue weighted by Gasteiger charge is 2.27. The molecule has 25 heavy (non-hydrogen) atoms. The van der Waals surface area contributed by atoms with Gasteiger partial charge < -0.3 is 10.1 Å². The molecule has 1 N–H and O–H groups in total. The Morgan fingerprint density at radius 2 is 1.96 bits per heavy atom. The van der Waals surface area contributed by atoms with Crippen LogP contribution in [-0.2, 0) is 20.7 Å². The minimum absolute atomic E-state index is 0.00974. The van der Waals surface area contributed by atoms with Crippen molar-refractivity contribution in [1.29, 1.82) is 0 Å². The minimum Gasteiger partial charge on any atom is -0.466 e. The number of carbonyl (C=O) groups excluding carboxylic acids is 2. The van der Waals surface area contributed by atoms with Crippen molar-refractivity contribution in [2.24, 2.45) is 5.92 Å². The molecule has 0 aromatic heterocycles. The molecule has 0 radical (unpaired) electrons. The first-order chi connectivity index (χ1) is 12.2. The molecule has 1 fully saturated rings. The summed E-state index contributed by atoms with van der Waals surface area (Å²) in [6.07, 6.45) is 4.78. The molecule has 1 atom stereocenters. The zero-order valence-corrected chi connectivity index (χ0v) is 15.0. The van der Waals surface area contributed by atoms with Crippen LogP contribution in [0.3, 0.4) is 0 Å². The van der Waals surface area contributed by atoms with Crippen molar-refractivity contribution in [3.8, 4) is 0 Å². The van der Waals surface area contributed by atoms with Crippen molar-refractivity contribution in [3.63, 3.8) is 0 Å². The lowest BCUT2D eigenvalue weighted by Gasteiger charge is -2.31. The van der Waals surface area contributed by atoms with Crippen molar-refractivity contribution in [2.45, 2.75) is 45.1 Å². The second kappa shape index (κ2) is 8.48. The molecule has 5 nitrogen and oxygen atoms in total. The smallest absolute Gasteiger partial charge is 0.309 e. The van der Waals surface area contributed by atoms with Crippen LogP contribution in [0, 0.1) is 5.92 Å². The SMILES string of the molecule is CCOC(=O)C1CCN(CC(=O)NC2CCCc3ccccc32)CC1. The summed E-state index contributed by atoms with van der Waals surface area (Å²) >= 11 is 0. The molecule has 3 rings (SSSR count). The van der Waals surface area contributed by atoms with Crippen molar-refractivity contribution >= 4 is 11.9 Å². The molecule has 1 saturated heterocycles. The number of fused-ring (bicyclic) bond motifs is 1. The molecule has 0 saturated carbocycles. The van der Waals surface area contributed by atoms with Crippen molar-refractivity contribution in [1.82, 2.24) is 10.2 Å². The molecular weight excluding hydrogens is 316 g/mol. The maximum Gasteiger partial charge on any atom is 0.309 e. The molecule has 5 heteroatoms. The Labute approximate surface area is 149 Å². The molecule has 0 bridgehead atoms. The molecule has 0 spiro atoms. The van der Waals surface area contributed by atoms with Crippen LogP contribution < -0.4 is 5.32 Å². The standard InChI is InChI=1S/C20H28N2O3/c1-2-25-20(24)16-10-12-22(13-11-16)14-19(23)21-18-9-5-7-15-6-3-4-8-17(15)18/h3-4,6,8,16,18H,2,5,7,9-14H2,1H3,(H,21,23). The van der Waals surface area contributed by atoms with Gasteiger partial charge in [0.05, 0.1) is 25.1 Å². The maximum absolute atomic E-state index is 12.5. The summed E-state index contributed by atoms with van der Waals surface area (Å²) in [4.78, 5) is 26.4. The van der Waals surface area contributed by atoms with E-state index in [1.54, 1.807) is 0 Å². The summed E-state index contributed by atoms with van der Waals surface area (Å²) in [5.41, 5.74) is 2.62. The van der Waals surface area contributed by atoms with Crippen LogP contribution in [0.5, 0.6) is 0 Å². The number of ether oxygens (including phenoxy) is 1. The van der Waals surface area contributed by atoms with Crippen molar-refractivity contribution < 1.29 is 14.3 Å². The number of likely N-dealkylation sites (tertiary alicyclic amines) is 1. The normalized spacial score (nSPS) is 21.4. The van der Waals surface area contributed by atoms with Crippen LogP contribution in [0.4, 0.5) is 0 Å². The number of esters is 1.